The first-order valence-corrected chi connectivity index (χ1v) is 7.81. The van der Waals surface area contributed by atoms with Crippen LogP contribution >= 0.6 is 23.1 Å². The summed E-state index contributed by atoms with van der Waals surface area (Å²) in [7, 11) is 1.58. The number of rotatable bonds is 8. The predicted octanol–water partition coefficient (Wildman–Crippen LogP) is 2.56. The van der Waals surface area contributed by atoms with Gasteiger partial charge in [-0.25, -0.2) is 0 Å². The average Bonchev–Trinajstić information content (AvgIpc) is 2.95. The third-order valence-electron chi connectivity index (χ3n) is 2.54. The number of methoxy groups -OCH3 is 1. The van der Waals surface area contributed by atoms with Crippen LogP contribution in [0.2, 0.25) is 0 Å². The van der Waals surface area contributed by atoms with E-state index in [9.17, 15) is 20.2 Å². The van der Waals surface area contributed by atoms with Gasteiger partial charge in [0.2, 0.25) is 5.13 Å². The first kappa shape index (κ1) is 17.1. The Hall–Kier alpha value is -2.31. The number of ether oxygens (including phenoxy) is 1. The highest BCUT2D eigenvalue weighted by molar-refractivity contribution is 8.01. The highest BCUT2D eigenvalue weighted by atomic mass is 32.2. The van der Waals surface area contributed by atoms with Crippen molar-refractivity contribution in [3.8, 4) is 0 Å². The number of anilines is 1. The minimum atomic E-state index is -0.676. The molecule has 0 bridgehead atoms. The van der Waals surface area contributed by atoms with Gasteiger partial charge in [-0.2, -0.15) is 0 Å². The van der Waals surface area contributed by atoms with Crippen LogP contribution in [0.5, 0.6) is 0 Å². The number of nitrogens with zero attached hydrogens (tertiary/aromatic N) is 4. The molecule has 1 N–H and O–H groups in total. The molecule has 0 saturated heterocycles. The van der Waals surface area contributed by atoms with Gasteiger partial charge in [0.15, 0.2) is 4.34 Å². The maximum absolute atomic E-state index is 11.1. The molecule has 10 nitrogen and oxygen atoms in total. The highest BCUT2D eigenvalue weighted by Crippen LogP contribution is 2.38. The van der Waals surface area contributed by atoms with Crippen molar-refractivity contribution in [3.63, 3.8) is 0 Å². The lowest BCUT2D eigenvalue weighted by molar-refractivity contribution is -0.396. The van der Waals surface area contributed by atoms with E-state index in [1.54, 1.807) is 7.11 Å². The van der Waals surface area contributed by atoms with Gasteiger partial charge in [-0.05, 0) is 17.8 Å². The maximum Gasteiger partial charge on any atom is 0.290 e. The van der Waals surface area contributed by atoms with E-state index >= 15 is 0 Å². The van der Waals surface area contributed by atoms with Gasteiger partial charge >= 0.3 is 0 Å². The van der Waals surface area contributed by atoms with Crippen molar-refractivity contribution < 1.29 is 14.6 Å². The second-order valence-electron chi connectivity index (χ2n) is 4.06. The molecule has 0 saturated carbocycles. The molecule has 0 aliphatic carbocycles. The summed E-state index contributed by atoms with van der Waals surface area (Å²) in [5.41, 5.74) is -0.673. The summed E-state index contributed by atoms with van der Waals surface area (Å²) in [4.78, 5) is 20.7. The minimum Gasteiger partial charge on any atom is -0.383 e. The van der Waals surface area contributed by atoms with E-state index in [0.717, 1.165) is 17.8 Å². The van der Waals surface area contributed by atoms with Crippen molar-refractivity contribution in [3.05, 3.63) is 38.4 Å². The van der Waals surface area contributed by atoms with Crippen molar-refractivity contribution in [1.29, 1.82) is 0 Å². The predicted molar refractivity (Wildman–Crippen MR) is 84.1 cm³/mol. The summed E-state index contributed by atoms with van der Waals surface area (Å²) in [6.45, 7) is 1.07. The number of nitro groups is 2. The number of hydrogen-bond donors (Lipinski definition) is 1. The fraction of sp³-hybridized carbons (Fsp3) is 0.273. The van der Waals surface area contributed by atoms with Gasteiger partial charge in [-0.3, -0.25) is 20.2 Å². The first-order chi connectivity index (χ1) is 11.0. The van der Waals surface area contributed by atoms with Crippen LogP contribution < -0.4 is 5.32 Å². The number of non-ortho nitro benzene ring substituents is 1. The van der Waals surface area contributed by atoms with Crippen molar-refractivity contribution in [2.24, 2.45) is 0 Å². The van der Waals surface area contributed by atoms with Crippen molar-refractivity contribution in [1.82, 2.24) is 10.2 Å². The summed E-state index contributed by atoms with van der Waals surface area (Å²) in [5.74, 6) is 0. The number of nitrogens with one attached hydrogen (secondary N) is 1. The molecular formula is C11H11N5O5S2. The molecule has 23 heavy (non-hydrogen) atoms. The first-order valence-electron chi connectivity index (χ1n) is 6.18. The Morgan fingerprint density at radius 1 is 1.30 bits per heavy atom. The number of aromatic nitrogens is 2. The number of nitro benzene ring substituents is 2. The Morgan fingerprint density at radius 2 is 2.09 bits per heavy atom. The van der Waals surface area contributed by atoms with E-state index in [2.05, 4.69) is 15.5 Å². The van der Waals surface area contributed by atoms with Gasteiger partial charge in [0.25, 0.3) is 11.4 Å². The van der Waals surface area contributed by atoms with Gasteiger partial charge in [-0.1, -0.05) is 11.3 Å². The van der Waals surface area contributed by atoms with Crippen LogP contribution in [0.4, 0.5) is 16.5 Å². The molecule has 0 radical (unpaired) electrons. The minimum absolute atomic E-state index is 0.264. The fourth-order valence-corrected chi connectivity index (χ4v) is 3.34. The number of hydrogen-bond acceptors (Lipinski definition) is 10. The van der Waals surface area contributed by atoms with Crippen molar-refractivity contribution >= 4 is 39.6 Å². The Kier molecular flexibility index (Phi) is 5.78. The quantitative estimate of drug-likeness (QED) is 0.429. The van der Waals surface area contributed by atoms with Crippen LogP contribution in [0.1, 0.15) is 0 Å². The lowest BCUT2D eigenvalue weighted by atomic mass is 10.3. The lowest BCUT2D eigenvalue weighted by Crippen LogP contribution is -2.06. The van der Waals surface area contributed by atoms with Crippen molar-refractivity contribution in [2.45, 2.75) is 9.24 Å². The van der Waals surface area contributed by atoms with Gasteiger partial charge in [-0.15, -0.1) is 10.2 Å². The SMILES string of the molecule is COCCNc1nnc(Sc2ccc([N+](=O)[O-])cc2[N+](=O)[O-])s1. The lowest BCUT2D eigenvalue weighted by Gasteiger charge is -2.00. The van der Waals surface area contributed by atoms with E-state index in [0.29, 0.717) is 22.6 Å². The second kappa shape index (κ2) is 7.80. The Bertz CT molecular complexity index is 723. The molecule has 0 atom stereocenters. The monoisotopic (exact) mass is 357 g/mol. The fourth-order valence-electron chi connectivity index (χ4n) is 1.52. The van der Waals surface area contributed by atoms with E-state index in [1.165, 1.54) is 23.5 Å². The topological polar surface area (TPSA) is 133 Å². The van der Waals surface area contributed by atoms with Crippen LogP contribution in [-0.4, -0.2) is 40.3 Å². The normalized spacial score (nSPS) is 10.5. The van der Waals surface area contributed by atoms with Crippen LogP contribution in [-0.2, 0) is 4.74 Å². The molecule has 1 aromatic heterocycles. The second-order valence-corrected chi connectivity index (χ2v) is 6.33. The standard InChI is InChI=1S/C11H11N5O5S2/c1-21-5-4-12-10-13-14-11(23-10)22-9-3-2-7(15(17)18)6-8(9)16(19)20/h2-3,6H,4-5H2,1H3,(H,12,13). The summed E-state index contributed by atoms with van der Waals surface area (Å²) < 4.78 is 5.39. The van der Waals surface area contributed by atoms with E-state index in [1.807, 2.05) is 0 Å². The Morgan fingerprint density at radius 3 is 2.74 bits per heavy atom. The largest absolute Gasteiger partial charge is 0.383 e. The summed E-state index contributed by atoms with van der Waals surface area (Å²) in [6, 6.07) is 3.48. The van der Waals surface area contributed by atoms with Crippen LogP contribution in [0.25, 0.3) is 0 Å². The van der Waals surface area contributed by atoms with E-state index < -0.39 is 9.85 Å². The molecule has 1 heterocycles. The molecule has 0 aliphatic rings. The molecule has 0 unspecified atom stereocenters. The molecule has 12 heteroatoms. The zero-order chi connectivity index (χ0) is 16.8. The third-order valence-corrected chi connectivity index (χ3v) is 4.53. The van der Waals surface area contributed by atoms with Gasteiger partial charge in [0.05, 0.1) is 27.4 Å². The molecule has 0 fully saturated rings. The van der Waals surface area contributed by atoms with Gasteiger partial charge < -0.3 is 10.1 Å². The molecule has 122 valence electrons. The van der Waals surface area contributed by atoms with Gasteiger partial charge in [0.1, 0.15) is 0 Å². The van der Waals surface area contributed by atoms with Crippen LogP contribution in [0.3, 0.4) is 0 Å². The maximum atomic E-state index is 11.1. The van der Waals surface area contributed by atoms with E-state index in [4.69, 9.17) is 4.74 Å². The Labute approximate surface area is 138 Å². The van der Waals surface area contributed by atoms with Gasteiger partial charge in [0, 0.05) is 19.7 Å². The molecular weight excluding hydrogens is 346 g/mol. The molecule has 0 aliphatic heterocycles. The number of benzene rings is 1. The molecule has 2 aromatic rings. The van der Waals surface area contributed by atoms with Crippen LogP contribution in [0.15, 0.2) is 27.4 Å². The molecule has 2 rings (SSSR count). The highest BCUT2D eigenvalue weighted by Gasteiger charge is 2.21. The van der Waals surface area contributed by atoms with Crippen LogP contribution in [0, 0.1) is 20.2 Å². The zero-order valence-electron chi connectivity index (χ0n) is 11.8. The summed E-state index contributed by atoms with van der Waals surface area (Å²) in [5, 5.41) is 33.2. The molecule has 0 spiro atoms. The van der Waals surface area contributed by atoms with Crippen molar-refractivity contribution in [2.75, 3.05) is 25.6 Å². The smallest absolute Gasteiger partial charge is 0.290 e. The average molecular weight is 357 g/mol. The Balaban J connectivity index is 2.16. The summed E-state index contributed by atoms with van der Waals surface area (Å²) in [6.07, 6.45) is 0. The molecule has 0 amide bonds. The van der Waals surface area contributed by atoms with E-state index in [-0.39, 0.29) is 16.3 Å². The third kappa shape index (κ3) is 4.58. The molecule has 1 aromatic carbocycles. The summed E-state index contributed by atoms with van der Waals surface area (Å²) >= 11 is 2.26. The zero-order valence-corrected chi connectivity index (χ0v) is 13.4.